The number of hydrogen-bond acceptors (Lipinski definition) is 6. The maximum atomic E-state index is 13.6. The average molecular weight is 618 g/mol. The number of cyclic esters (lactones) is 1. The van der Waals surface area contributed by atoms with Gasteiger partial charge in [0.25, 0.3) is 0 Å². The first kappa shape index (κ1) is 30.4. The number of methoxy groups -OCH3 is 1. The number of Topliss-reactive ketones (excluding diaryl/α,β-unsaturated/α-hetero) is 1. The van der Waals surface area contributed by atoms with E-state index in [1.165, 1.54) is 24.3 Å². The standard InChI is InChI=1S/C38H32FNO6/c1-44-32-17-15-30(16-18-32)40-37(35(46-38(40)43)21-20-34(42)26-10-13-29(39)14-11-26)33-19-12-28(27-8-5-9-31(41)22-27)23-36(33)45-24-25-6-3-2-4-7-25/h2-19,22-23,35,37,41H,20-21,24H2,1H3/t35-,37-/m1/s1. The van der Waals surface area contributed by atoms with Crippen molar-refractivity contribution in [3.8, 4) is 28.4 Å². The molecule has 1 heterocycles. The van der Waals surface area contributed by atoms with Gasteiger partial charge in [0.1, 0.15) is 41.8 Å². The summed E-state index contributed by atoms with van der Waals surface area (Å²) in [4.78, 5) is 28.2. The van der Waals surface area contributed by atoms with Gasteiger partial charge in [0, 0.05) is 23.2 Å². The van der Waals surface area contributed by atoms with E-state index < -0.39 is 24.1 Å². The largest absolute Gasteiger partial charge is 0.508 e. The highest BCUT2D eigenvalue weighted by Crippen LogP contribution is 2.44. The number of nitrogens with zero attached hydrogens (tertiary/aromatic N) is 1. The first-order valence-electron chi connectivity index (χ1n) is 14.9. The molecular formula is C38H32FNO6. The third-order valence-electron chi connectivity index (χ3n) is 8.00. The predicted octanol–water partition coefficient (Wildman–Crippen LogP) is 8.52. The van der Waals surface area contributed by atoms with E-state index in [9.17, 15) is 19.1 Å². The van der Waals surface area contributed by atoms with Crippen LogP contribution in [-0.4, -0.2) is 30.2 Å². The molecule has 1 aliphatic rings. The number of carbonyl (C=O) groups excluding carboxylic acids is 2. The van der Waals surface area contributed by atoms with Crippen LogP contribution in [0.15, 0.2) is 121 Å². The Morgan fingerprint density at radius 3 is 2.33 bits per heavy atom. The molecule has 1 aliphatic heterocycles. The number of phenols is 1. The molecule has 5 aromatic rings. The van der Waals surface area contributed by atoms with E-state index in [1.807, 2.05) is 54.6 Å². The number of phenolic OH excluding ortho intramolecular Hbond substituents is 1. The van der Waals surface area contributed by atoms with E-state index in [4.69, 9.17) is 14.2 Å². The Hall–Kier alpha value is -5.63. The zero-order chi connectivity index (χ0) is 32.0. The van der Waals surface area contributed by atoms with Crippen LogP contribution in [0.2, 0.25) is 0 Å². The van der Waals surface area contributed by atoms with Gasteiger partial charge in [-0.3, -0.25) is 9.69 Å². The molecule has 0 aliphatic carbocycles. The van der Waals surface area contributed by atoms with Gasteiger partial charge in [-0.05, 0) is 89.8 Å². The monoisotopic (exact) mass is 617 g/mol. The third kappa shape index (κ3) is 6.71. The molecule has 1 N–H and O–H groups in total. The summed E-state index contributed by atoms with van der Waals surface area (Å²) in [6.07, 6.45) is -0.950. The van der Waals surface area contributed by atoms with Crippen LogP contribution >= 0.6 is 0 Å². The molecule has 6 rings (SSSR count). The average Bonchev–Trinajstić information content (AvgIpc) is 3.42. The van der Waals surface area contributed by atoms with Gasteiger partial charge >= 0.3 is 6.09 Å². The van der Waals surface area contributed by atoms with Crippen LogP contribution < -0.4 is 14.4 Å². The highest BCUT2D eigenvalue weighted by molar-refractivity contribution is 5.96. The number of hydrogen-bond donors (Lipinski definition) is 1. The zero-order valence-electron chi connectivity index (χ0n) is 25.1. The first-order chi connectivity index (χ1) is 22.4. The number of aromatic hydroxyl groups is 1. The van der Waals surface area contributed by atoms with Gasteiger partial charge in [-0.2, -0.15) is 0 Å². The molecule has 0 saturated carbocycles. The number of rotatable bonds is 11. The van der Waals surface area contributed by atoms with Crippen molar-refractivity contribution in [2.75, 3.05) is 12.0 Å². The van der Waals surface area contributed by atoms with Crippen molar-refractivity contribution >= 4 is 17.6 Å². The molecular weight excluding hydrogens is 585 g/mol. The topological polar surface area (TPSA) is 85.3 Å². The minimum Gasteiger partial charge on any atom is -0.508 e. The van der Waals surface area contributed by atoms with Gasteiger partial charge in [0.2, 0.25) is 0 Å². The first-order valence-corrected chi connectivity index (χ1v) is 14.9. The number of carbonyl (C=O) groups is 2. The van der Waals surface area contributed by atoms with Crippen molar-refractivity contribution in [3.63, 3.8) is 0 Å². The van der Waals surface area contributed by atoms with Crippen LogP contribution in [0.3, 0.4) is 0 Å². The molecule has 232 valence electrons. The summed E-state index contributed by atoms with van der Waals surface area (Å²) in [7, 11) is 1.57. The zero-order valence-corrected chi connectivity index (χ0v) is 25.1. The normalized spacial score (nSPS) is 15.8. The fourth-order valence-electron chi connectivity index (χ4n) is 5.65. The molecule has 0 bridgehead atoms. The quantitative estimate of drug-likeness (QED) is 0.150. The number of ether oxygens (including phenoxy) is 3. The molecule has 5 aromatic carbocycles. The maximum Gasteiger partial charge on any atom is 0.415 e. The molecule has 0 unspecified atom stereocenters. The van der Waals surface area contributed by atoms with Crippen molar-refractivity contribution in [1.29, 1.82) is 0 Å². The van der Waals surface area contributed by atoms with Crippen LogP contribution in [0.1, 0.15) is 40.4 Å². The van der Waals surface area contributed by atoms with E-state index in [0.717, 1.165) is 16.7 Å². The molecule has 0 radical (unpaired) electrons. The summed E-state index contributed by atoms with van der Waals surface area (Å²) in [6.45, 7) is 0.273. The molecule has 1 fully saturated rings. The van der Waals surface area contributed by atoms with Gasteiger partial charge in [-0.15, -0.1) is 0 Å². The molecule has 0 spiro atoms. The summed E-state index contributed by atoms with van der Waals surface area (Å²) < 4.78 is 31.2. The molecule has 2 atom stereocenters. The van der Waals surface area contributed by atoms with Crippen LogP contribution in [0.5, 0.6) is 17.2 Å². The molecule has 8 heteroatoms. The van der Waals surface area contributed by atoms with Gasteiger partial charge < -0.3 is 19.3 Å². The molecule has 46 heavy (non-hydrogen) atoms. The number of anilines is 1. The van der Waals surface area contributed by atoms with E-state index in [0.29, 0.717) is 28.3 Å². The Labute approximate surface area is 266 Å². The van der Waals surface area contributed by atoms with Crippen molar-refractivity contribution in [2.24, 2.45) is 0 Å². The molecule has 7 nitrogen and oxygen atoms in total. The Morgan fingerprint density at radius 2 is 1.61 bits per heavy atom. The number of benzene rings is 5. The second-order valence-corrected chi connectivity index (χ2v) is 11.0. The number of ketones is 1. The minimum absolute atomic E-state index is 0.0815. The SMILES string of the molecule is COc1ccc(N2C(=O)O[C@H](CCC(=O)c3ccc(F)cc3)[C@H]2c2ccc(-c3cccc(O)c3)cc2OCc2ccccc2)cc1. The van der Waals surface area contributed by atoms with Gasteiger partial charge in [-0.1, -0.05) is 54.6 Å². The third-order valence-corrected chi connectivity index (χ3v) is 8.00. The highest BCUT2D eigenvalue weighted by atomic mass is 19.1. The van der Waals surface area contributed by atoms with Crippen LogP contribution in [0.25, 0.3) is 11.1 Å². The van der Waals surface area contributed by atoms with Gasteiger partial charge in [0.05, 0.1) is 7.11 Å². The molecule has 1 amide bonds. The van der Waals surface area contributed by atoms with E-state index >= 15 is 0 Å². The number of amides is 1. The maximum absolute atomic E-state index is 13.6. The summed E-state index contributed by atoms with van der Waals surface area (Å²) in [5.41, 5.74) is 4.24. The lowest BCUT2D eigenvalue weighted by molar-refractivity contribution is 0.0921. The van der Waals surface area contributed by atoms with Crippen molar-refractivity contribution in [3.05, 3.63) is 144 Å². The van der Waals surface area contributed by atoms with Crippen molar-refractivity contribution < 1.29 is 33.3 Å². The Morgan fingerprint density at radius 1 is 0.870 bits per heavy atom. The fourth-order valence-corrected chi connectivity index (χ4v) is 5.65. The van der Waals surface area contributed by atoms with Crippen LogP contribution in [0, 0.1) is 5.82 Å². The summed E-state index contributed by atoms with van der Waals surface area (Å²) in [6, 6.07) is 34.2. The summed E-state index contributed by atoms with van der Waals surface area (Å²) in [5.74, 6) is 0.698. The second-order valence-electron chi connectivity index (χ2n) is 11.0. The lowest BCUT2D eigenvalue weighted by Gasteiger charge is -2.27. The second kappa shape index (κ2) is 13.6. The Kier molecular flexibility index (Phi) is 8.96. The van der Waals surface area contributed by atoms with Gasteiger partial charge in [-0.25, -0.2) is 9.18 Å². The highest BCUT2D eigenvalue weighted by Gasteiger charge is 2.45. The summed E-state index contributed by atoms with van der Waals surface area (Å²) >= 11 is 0. The molecule has 0 aromatic heterocycles. The van der Waals surface area contributed by atoms with E-state index in [2.05, 4.69) is 0 Å². The predicted molar refractivity (Wildman–Crippen MR) is 173 cm³/mol. The van der Waals surface area contributed by atoms with Crippen LogP contribution in [0.4, 0.5) is 14.9 Å². The summed E-state index contributed by atoms with van der Waals surface area (Å²) in [5, 5.41) is 10.1. The minimum atomic E-state index is -0.704. The van der Waals surface area contributed by atoms with E-state index in [1.54, 1.807) is 54.5 Å². The van der Waals surface area contributed by atoms with Crippen LogP contribution in [-0.2, 0) is 11.3 Å². The molecule has 1 saturated heterocycles. The Balaban J connectivity index is 1.40. The Bertz CT molecular complexity index is 1830. The lowest BCUT2D eigenvalue weighted by atomic mass is 9.92. The number of halogens is 1. The smallest absolute Gasteiger partial charge is 0.415 e. The lowest BCUT2D eigenvalue weighted by Crippen LogP contribution is -2.30. The fraction of sp³-hybridized carbons (Fsp3) is 0.158. The van der Waals surface area contributed by atoms with Crippen molar-refractivity contribution in [2.45, 2.75) is 31.6 Å². The van der Waals surface area contributed by atoms with Gasteiger partial charge in [0.15, 0.2) is 5.78 Å². The van der Waals surface area contributed by atoms with E-state index in [-0.39, 0.29) is 31.0 Å². The van der Waals surface area contributed by atoms with Crippen molar-refractivity contribution in [1.82, 2.24) is 0 Å².